The van der Waals surface area contributed by atoms with Crippen molar-refractivity contribution in [3.63, 3.8) is 0 Å². The third-order valence-corrected chi connectivity index (χ3v) is 4.77. The molecule has 2 atom stereocenters. The molecule has 2 heterocycles. The topological polar surface area (TPSA) is 55.6 Å². The molecule has 5 nitrogen and oxygen atoms in total. The fourth-order valence-electron chi connectivity index (χ4n) is 3.74. The van der Waals surface area contributed by atoms with Crippen molar-refractivity contribution < 1.29 is 14.1 Å². The Kier molecular flexibility index (Phi) is 3.54. The number of ether oxygens (including phenoxy) is 1. The number of fused-ring (bicyclic) bond motifs is 1. The van der Waals surface area contributed by atoms with Crippen LogP contribution >= 0.6 is 0 Å². The lowest BCUT2D eigenvalue weighted by molar-refractivity contribution is 0.0418. The van der Waals surface area contributed by atoms with Crippen molar-refractivity contribution in [2.24, 2.45) is 11.3 Å². The number of amides is 1. The van der Waals surface area contributed by atoms with E-state index in [4.69, 9.17) is 9.26 Å². The zero-order chi connectivity index (χ0) is 14.2. The Bertz CT molecular complexity index is 499. The van der Waals surface area contributed by atoms with E-state index in [1.165, 1.54) is 19.3 Å². The molecule has 0 radical (unpaired) electrons. The first-order chi connectivity index (χ1) is 9.64. The summed E-state index contributed by atoms with van der Waals surface area (Å²) in [6.45, 7) is 6.97. The fraction of sp³-hybridized carbons (Fsp3) is 0.733. The van der Waals surface area contributed by atoms with Crippen LogP contribution in [0.15, 0.2) is 10.6 Å². The molecule has 0 bridgehead atoms. The van der Waals surface area contributed by atoms with Gasteiger partial charge in [0.2, 0.25) is 0 Å². The van der Waals surface area contributed by atoms with Crippen LogP contribution in [0.4, 0.5) is 0 Å². The molecular formula is C15H22N2O3. The molecule has 0 unspecified atom stereocenters. The van der Waals surface area contributed by atoms with Gasteiger partial charge in [-0.3, -0.25) is 4.79 Å². The van der Waals surface area contributed by atoms with Crippen LogP contribution in [0.2, 0.25) is 0 Å². The molecule has 5 heteroatoms. The van der Waals surface area contributed by atoms with Gasteiger partial charge in [0.15, 0.2) is 5.69 Å². The predicted molar refractivity (Wildman–Crippen MR) is 73.4 cm³/mol. The molecule has 20 heavy (non-hydrogen) atoms. The Morgan fingerprint density at radius 2 is 2.50 bits per heavy atom. The molecule has 1 aliphatic heterocycles. The summed E-state index contributed by atoms with van der Waals surface area (Å²) in [6, 6.07) is 1.71. The number of carbonyl (C=O) groups excluding carboxylic acids is 1. The summed E-state index contributed by atoms with van der Waals surface area (Å²) in [6.07, 6.45) is 3.62. The number of rotatable bonds is 4. The molecule has 0 N–H and O–H groups in total. The molecule has 1 aliphatic carbocycles. The van der Waals surface area contributed by atoms with Crippen molar-refractivity contribution in [3.8, 4) is 0 Å². The van der Waals surface area contributed by atoms with E-state index in [0.29, 0.717) is 17.4 Å². The molecule has 1 aromatic heterocycles. The molecule has 0 aromatic carbocycles. The van der Waals surface area contributed by atoms with Gasteiger partial charge in [0.1, 0.15) is 5.76 Å². The van der Waals surface area contributed by atoms with Crippen molar-refractivity contribution in [2.45, 2.75) is 33.1 Å². The van der Waals surface area contributed by atoms with Crippen LogP contribution in [-0.4, -0.2) is 42.3 Å². The van der Waals surface area contributed by atoms with Gasteiger partial charge in [0.05, 0.1) is 6.61 Å². The number of carbonyl (C=O) groups is 1. The van der Waals surface area contributed by atoms with Gasteiger partial charge < -0.3 is 14.2 Å². The maximum Gasteiger partial charge on any atom is 0.276 e. The summed E-state index contributed by atoms with van der Waals surface area (Å²) in [4.78, 5) is 14.4. The highest BCUT2D eigenvalue weighted by Gasteiger charge is 2.50. The number of aromatic nitrogens is 1. The van der Waals surface area contributed by atoms with E-state index in [9.17, 15) is 4.79 Å². The maximum absolute atomic E-state index is 12.5. The average molecular weight is 278 g/mol. The summed E-state index contributed by atoms with van der Waals surface area (Å²) in [5.41, 5.74) is 0.596. The number of aryl methyl sites for hydroxylation is 1. The van der Waals surface area contributed by atoms with Crippen molar-refractivity contribution in [1.82, 2.24) is 10.1 Å². The van der Waals surface area contributed by atoms with E-state index in [1.807, 2.05) is 11.8 Å². The van der Waals surface area contributed by atoms with E-state index in [1.54, 1.807) is 13.0 Å². The van der Waals surface area contributed by atoms with Gasteiger partial charge in [-0.15, -0.1) is 0 Å². The minimum atomic E-state index is -0.00729. The first-order valence-electron chi connectivity index (χ1n) is 7.45. The summed E-state index contributed by atoms with van der Waals surface area (Å²) in [7, 11) is 0. The summed E-state index contributed by atoms with van der Waals surface area (Å²) in [5.74, 6) is 1.25. The third-order valence-electron chi connectivity index (χ3n) is 4.77. The van der Waals surface area contributed by atoms with Gasteiger partial charge in [0.25, 0.3) is 5.91 Å². The Balaban J connectivity index is 1.73. The SMILES string of the molecule is CCOC[C@]12CCC[C@H]1CN(C(=O)c1cc(C)on1)C2. The first kappa shape index (κ1) is 13.6. The molecule has 1 saturated heterocycles. The fourth-order valence-corrected chi connectivity index (χ4v) is 3.74. The monoisotopic (exact) mass is 278 g/mol. The van der Waals surface area contributed by atoms with Crippen molar-refractivity contribution in [3.05, 3.63) is 17.5 Å². The van der Waals surface area contributed by atoms with Crippen LogP contribution in [-0.2, 0) is 4.74 Å². The summed E-state index contributed by atoms with van der Waals surface area (Å²) < 4.78 is 10.7. The number of nitrogens with zero attached hydrogens (tertiary/aromatic N) is 2. The van der Waals surface area contributed by atoms with Gasteiger partial charge in [-0.05, 0) is 32.6 Å². The zero-order valence-corrected chi connectivity index (χ0v) is 12.2. The predicted octanol–water partition coefficient (Wildman–Crippen LogP) is 2.26. The second kappa shape index (κ2) is 5.20. The molecule has 0 spiro atoms. The van der Waals surface area contributed by atoms with E-state index >= 15 is 0 Å². The number of hydrogen-bond acceptors (Lipinski definition) is 4. The molecule has 2 aliphatic rings. The minimum Gasteiger partial charge on any atom is -0.381 e. The van der Waals surface area contributed by atoms with Crippen molar-refractivity contribution >= 4 is 5.91 Å². The second-order valence-electron chi connectivity index (χ2n) is 6.10. The standard InChI is InChI=1S/C15H22N2O3/c1-3-19-10-15-6-4-5-12(15)8-17(9-15)14(18)13-7-11(2)20-16-13/h7,12H,3-6,8-10H2,1-2H3/t12-,15+/m0/s1. The number of hydrogen-bond donors (Lipinski definition) is 0. The Hall–Kier alpha value is -1.36. The largest absolute Gasteiger partial charge is 0.381 e. The van der Waals surface area contributed by atoms with Gasteiger partial charge >= 0.3 is 0 Å². The molecule has 1 aromatic rings. The highest BCUT2D eigenvalue weighted by atomic mass is 16.5. The highest BCUT2D eigenvalue weighted by molar-refractivity contribution is 5.92. The van der Waals surface area contributed by atoms with Gasteiger partial charge in [-0.25, -0.2) is 0 Å². The van der Waals surface area contributed by atoms with E-state index in [-0.39, 0.29) is 11.3 Å². The number of likely N-dealkylation sites (tertiary alicyclic amines) is 1. The average Bonchev–Trinajstić information content (AvgIpc) is 3.09. The van der Waals surface area contributed by atoms with Crippen LogP contribution in [0.5, 0.6) is 0 Å². The van der Waals surface area contributed by atoms with Gasteiger partial charge in [-0.1, -0.05) is 11.6 Å². The molecule has 2 fully saturated rings. The molecule has 110 valence electrons. The first-order valence-corrected chi connectivity index (χ1v) is 7.45. The molecular weight excluding hydrogens is 256 g/mol. The lowest BCUT2D eigenvalue weighted by Gasteiger charge is -2.28. The van der Waals surface area contributed by atoms with Crippen LogP contribution in [0, 0.1) is 18.3 Å². The third kappa shape index (κ3) is 2.24. The second-order valence-corrected chi connectivity index (χ2v) is 6.10. The van der Waals surface area contributed by atoms with Crippen LogP contribution in [0.25, 0.3) is 0 Å². The maximum atomic E-state index is 12.5. The highest BCUT2D eigenvalue weighted by Crippen LogP contribution is 2.49. The normalized spacial score (nSPS) is 28.9. The lowest BCUT2D eigenvalue weighted by Crippen LogP contribution is -2.34. The molecule has 1 amide bonds. The van der Waals surface area contributed by atoms with E-state index in [0.717, 1.165) is 26.3 Å². The summed E-state index contributed by atoms with van der Waals surface area (Å²) in [5, 5.41) is 3.84. The van der Waals surface area contributed by atoms with Crippen LogP contribution in [0.3, 0.4) is 0 Å². The molecule has 1 saturated carbocycles. The van der Waals surface area contributed by atoms with Crippen molar-refractivity contribution in [1.29, 1.82) is 0 Å². The quantitative estimate of drug-likeness (QED) is 0.847. The van der Waals surface area contributed by atoms with Crippen molar-refractivity contribution in [2.75, 3.05) is 26.3 Å². The molecule has 3 rings (SSSR count). The van der Waals surface area contributed by atoms with E-state index in [2.05, 4.69) is 5.16 Å². The zero-order valence-electron chi connectivity index (χ0n) is 12.2. The lowest BCUT2D eigenvalue weighted by atomic mass is 9.82. The van der Waals surface area contributed by atoms with Gasteiger partial charge in [-0.2, -0.15) is 0 Å². The van der Waals surface area contributed by atoms with Crippen LogP contribution < -0.4 is 0 Å². The summed E-state index contributed by atoms with van der Waals surface area (Å²) >= 11 is 0. The smallest absolute Gasteiger partial charge is 0.276 e. The van der Waals surface area contributed by atoms with E-state index < -0.39 is 0 Å². The van der Waals surface area contributed by atoms with Crippen LogP contribution in [0.1, 0.15) is 42.4 Å². The van der Waals surface area contributed by atoms with Gasteiger partial charge in [0, 0.05) is 31.2 Å². The Labute approximate surface area is 119 Å². The Morgan fingerprint density at radius 3 is 3.20 bits per heavy atom. The Morgan fingerprint density at radius 1 is 1.65 bits per heavy atom. The minimum absolute atomic E-state index is 0.00729.